The number of hydrogen-bond acceptors (Lipinski definition) is 4. The Labute approximate surface area is 143 Å². The molecule has 0 radical (unpaired) electrons. The minimum atomic E-state index is -0.169. The second kappa shape index (κ2) is 7.01. The third kappa shape index (κ3) is 3.74. The fourth-order valence-corrected chi connectivity index (χ4v) is 2.95. The maximum Gasteiger partial charge on any atom is 0.274 e. The Morgan fingerprint density at radius 3 is 2.54 bits per heavy atom. The highest BCUT2D eigenvalue weighted by atomic mass is 16.1. The van der Waals surface area contributed by atoms with E-state index < -0.39 is 0 Å². The van der Waals surface area contributed by atoms with Crippen molar-refractivity contribution in [2.24, 2.45) is 0 Å². The number of aromatic nitrogens is 1. The SMILES string of the molecule is Cc1ccc(NC(=O)c2cc(N3CCN(C)CC3)ccn2)c(C)c1. The summed E-state index contributed by atoms with van der Waals surface area (Å²) in [5, 5.41) is 2.96. The van der Waals surface area contributed by atoms with Crippen LogP contribution in [0.2, 0.25) is 0 Å². The predicted molar refractivity (Wildman–Crippen MR) is 97.8 cm³/mol. The second-order valence-electron chi connectivity index (χ2n) is 6.46. The highest BCUT2D eigenvalue weighted by molar-refractivity contribution is 6.03. The average molecular weight is 324 g/mol. The molecule has 1 amide bonds. The van der Waals surface area contributed by atoms with Gasteiger partial charge in [-0.3, -0.25) is 9.78 Å². The van der Waals surface area contributed by atoms with Crippen LogP contribution in [0.15, 0.2) is 36.5 Å². The van der Waals surface area contributed by atoms with E-state index in [2.05, 4.69) is 33.2 Å². The van der Waals surface area contributed by atoms with E-state index in [1.165, 1.54) is 5.56 Å². The molecule has 0 spiro atoms. The zero-order chi connectivity index (χ0) is 17.1. The predicted octanol–water partition coefficient (Wildman–Crippen LogP) is 2.70. The van der Waals surface area contributed by atoms with Crippen LogP contribution in [0.5, 0.6) is 0 Å². The first kappa shape index (κ1) is 16.5. The van der Waals surface area contributed by atoms with E-state index in [0.29, 0.717) is 5.69 Å². The Hall–Kier alpha value is -2.40. The van der Waals surface area contributed by atoms with Gasteiger partial charge in [-0.15, -0.1) is 0 Å². The highest BCUT2D eigenvalue weighted by Crippen LogP contribution is 2.19. The van der Waals surface area contributed by atoms with Gasteiger partial charge >= 0.3 is 0 Å². The highest BCUT2D eigenvalue weighted by Gasteiger charge is 2.16. The van der Waals surface area contributed by atoms with Crippen LogP contribution >= 0.6 is 0 Å². The molecule has 0 unspecified atom stereocenters. The second-order valence-corrected chi connectivity index (χ2v) is 6.46. The number of hydrogen-bond donors (Lipinski definition) is 1. The summed E-state index contributed by atoms with van der Waals surface area (Å²) in [5.41, 5.74) is 4.58. The first-order valence-corrected chi connectivity index (χ1v) is 8.31. The van der Waals surface area contributed by atoms with E-state index in [1.54, 1.807) is 6.20 Å². The maximum absolute atomic E-state index is 12.5. The first-order chi connectivity index (χ1) is 11.5. The third-order valence-corrected chi connectivity index (χ3v) is 4.47. The number of carbonyl (C=O) groups excluding carboxylic acids is 1. The van der Waals surface area contributed by atoms with Gasteiger partial charge in [0.15, 0.2) is 0 Å². The van der Waals surface area contributed by atoms with Crippen LogP contribution < -0.4 is 10.2 Å². The number of anilines is 2. The van der Waals surface area contributed by atoms with Crippen molar-refractivity contribution < 1.29 is 4.79 Å². The quantitative estimate of drug-likeness (QED) is 0.943. The fourth-order valence-electron chi connectivity index (χ4n) is 2.95. The van der Waals surface area contributed by atoms with E-state index in [-0.39, 0.29) is 5.91 Å². The molecule has 1 aliphatic heterocycles. The Kier molecular flexibility index (Phi) is 4.81. The molecule has 5 nitrogen and oxygen atoms in total. The number of benzene rings is 1. The molecule has 1 fully saturated rings. The average Bonchev–Trinajstić information content (AvgIpc) is 2.58. The molecule has 1 aliphatic rings. The van der Waals surface area contributed by atoms with Crippen molar-refractivity contribution in [3.05, 3.63) is 53.3 Å². The van der Waals surface area contributed by atoms with Crippen LogP contribution in [0, 0.1) is 13.8 Å². The van der Waals surface area contributed by atoms with E-state index >= 15 is 0 Å². The van der Waals surface area contributed by atoms with Crippen LogP contribution in [0.1, 0.15) is 21.6 Å². The molecule has 24 heavy (non-hydrogen) atoms. The number of rotatable bonds is 3. The van der Waals surface area contributed by atoms with Gasteiger partial charge in [-0.05, 0) is 44.7 Å². The smallest absolute Gasteiger partial charge is 0.274 e. The number of aryl methyl sites for hydroxylation is 2. The topological polar surface area (TPSA) is 48.5 Å². The lowest BCUT2D eigenvalue weighted by molar-refractivity contribution is 0.102. The van der Waals surface area contributed by atoms with Crippen molar-refractivity contribution in [3.8, 4) is 0 Å². The minimum absolute atomic E-state index is 0.169. The van der Waals surface area contributed by atoms with Crippen molar-refractivity contribution in [2.75, 3.05) is 43.4 Å². The molecule has 0 atom stereocenters. The monoisotopic (exact) mass is 324 g/mol. The van der Waals surface area contributed by atoms with Gasteiger partial charge in [0, 0.05) is 43.8 Å². The molecule has 0 bridgehead atoms. The fraction of sp³-hybridized carbons (Fsp3) is 0.368. The Morgan fingerprint density at radius 1 is 1.08 bits per heavy atom. The molecule has 1 saturated heterocycles. The molecule has 1 aromatic carbocycles. The van der Waals surface area contributed by atoms with E-state index in [4.69, 9.17) is 0 Å². The lowest BCUT2D eigenvalue weighted by Crippen LogP contribution is -2.44. The lowest BCUT2D eigenvalue weighted by atomic mass is 10.1. The summed E-state index contributed by atoms with van der Waals surface area (Å²) in [6.07, 6.45) is 1.71. The molecule has 5 heteroatoms. The van der Waals surface area contributed by atoms with E-state index in [9.17, 15) is 4.79 Å². The Morgan fingerprint density at radius 2 is 1.83 bits per heavy atom. The van der Waals surface area contributed by atoms with Gasteiger partial charge in [-0.2, -0.15) is 0 Å². The molecule has 126 valence electrons. The summed E-state index contributed by atoms with van der Waals surface area (Å²) in [7, 11) is 2.13. The van der Waals surface area contributed by atoms with E-state index in [0.717, 1.165) is 43.1 Å². The number of likely N-dealkylation sites (N-methyl/N-ethyl adjacent to an activating group) is 1. The molecule has 2 aromatic rings. The summed E-state index contributed by atoms with van der Waals surface area (Å²) in [4.78, 5) is 21.4. The van der Waals surface area contributed by atoms with Crippen LogP contribution in [0.25, 0.3) is 0 Å². The minimum Gasteiger partial charge on any atom is -0.369 e. The van der Waals surface area contributed by atoms with Gasteiger partial charge in [0.05, 0.1) is 0 Å². The van der Waals surface area contributed by atoms with Crippen LogP contribution in [-0.2, 0) is 0 Å². The van der Waals surface area contributed by atoms with Gasteiger partial charge in [0.1, 0.15) is 5.69 Å². The van der Waals surface area contributed by atoms with Crippen LogP contribution in [-0.4, -0.2) is 49.0 Å². The zero-order valence-electron chi connectivity index (χ0n) is 14.5. The molecule has 2 heterocycles. The van der Waals surface area contributed by atoms with E-state index in [1.807, 2.05) is 38.1 Å². The van der Waals surface area contributed by atoms with Crippen molar-refractivity contribution in [3.63, 3.8) is 0 Å². The lowest BCUT2D eigenvalue weighted by Gasteiger charge is -2.34. The van der Waals surface area contributed by atoms with Gasteiger partial charge in [0.2, 0.25) is 0 Å². The van der Waals surface area contributed by atoms with Crippen LogP contribution in [0.4, 0.5) is 11.4 Å². The molecule has 0 saturated carbocycles. The van der Waals surface area contributed by atoms with Crippen molar-refractivity contribution in [1.82, 2.24) is 9.88 Å². The summed E-state index contributed by atoms with van der Waals surface area (Å²) in [6.45, 7) is 8.05. The van der Waals surface area contributed by atoms with Gasteiger partial charge < -0.3 is 15.1 Å². The number of amides is 1. The molecular weight excluding hydrogens is 300 g/mol. The number of piperazine rings is 1. The standard InChI is InChI=1S/C19H24N4O/c1-14-4-5-17(15(2)12-14)21-19(24)18-13-16(6-7-20-18)23-10-8-22(3)9-11-23/h4-7,12-13H,8-11H2,1-3H3,(H,21,24). The maximum atomic E-state index is 12.5. The third-order valence-electron chi connectivity index (χ3n) is 4.47. The molecular formula is C19H24N4O. The molecule has 3 rings (SSSR count). The number of nitrogens with one attached hydrogen (secondary N) is 1. The van der Waals surface area contributed by atoms with Crippen molar-refractivity contribution in [1.29, 1.82) is 0 Å². The zero-order valence-corrected chi connectivity index (χ0v) is 14.5. The summed E-state index contributed by atoms with van der Waals surface area (Å²) >= 11 is 0. The van der Waals surface area contributed by atoms with Gasteiger partial charge in [-0.1, -0.05) is 17.7 Å². The number of pyridine rings is 1. The Bertz CT molecular complexity index is 736. The normalized spacial score (nSPS) is 15.4. The van der Waals surface area contributed by atoms with Crippen molar-refractivity contribution in [2.45, 2.75) is 13.8 Å². The molecule has 1 aromatic heterocycles. The summed E-state index contributed by atoms with van der Waals surface area (Å²) < 4.78 is 0. The summed E-state index contributed by atoms with van der Waals surface area (Å²) in [6, 6.07) is 9.84. The first-order valence-electron chi connectivity index (χ1n) is 8.31. The largest absolute Gasteiger partial charge is 0.369 e. The summed E-state index contributed by atoms with van der Waals surface area (Å²) in [5.74, 6) is -0.169. The molecule has 0 aliphatic carbocycles. The number of carbonyl (C=O) groups is 1. The number of nitrogens with zero attached hydrogens (tertiary/aromatic N) is 3. The molecule has 1 N–H and O–H groups in total. The van der Waals surface area contributed by atoms with Crippen molar-refractivity contribution >= 4 is 17.3 Å². The van der Waals surface area contributed by atoms with Gasteiger partial charge in [-0.25, -0.2) is 0 Å². The van der Waals surface area contributed by atoms with Gasteiger partial charge in [0.25, 0.3) is 5.91 Å². The Balaban J connectivity index is 1.74. The van der Waals surface area contributed by atoms with Crippen LogP contribution in [0.3, 0.4) is 0 Å².